The van der Waals surface area contributed by atoms with Gasteiger partial charge >= 0.3 is 5.97 Å². The highest BCUT2D eigenvalue weighted by Gasteiger charge is 2.17. The van der Waals surface area contributed by atoms with Gasteiger partial charge in [0.25, 0.3) is 10.0 Å². The molecular formula is C8H11ClN2O4S2. The van der Waals surface area contributed by atoms with E-state index < -0.39 is 16.0 Å². The van der Waals surface area contributed by atoms with Crippen LogP contribution in [0.3, 0.4) is 0 Å². The van der Waals surface area contributed by atoms with E-state index in [0.29, 0.717) is 0 Å². The molecule has 1 aromatic heterocycles. The Balaban J connectivity index is 2.49. The largest absolute Gasteiger partial charge is 0.466 e. The van der Waals surface area contributed by atoms with Crippen LogP contribution in [0.1, 0.15) is 13.3 Å². The maximum atomic E-state index is 11.6. The van der Waals surface area contributed by atoms with Crippen molar-refractivity contribution in [3.8, 4) is 0 Å². The number of hydrogen-bond donors (Lipinski definition) is 1. The molecule has 1 heterocycles. The second kappa shape index (κ2) is 6.29. The highest BCUT2D eigenvalue weighted by molar-refractivity contribution is 7.91. The minimum atomic E-state index is -3.64. The first-order valence-electron chi connectivity index (χ1n) is 4.72. The molecule has 0 atom stereocenters. The summed E-state index contributed by atoms with van der Waals surface area (Å²) in [5.74, 6) is -0.447. The van der Waals surface area contributed by atoms with E-state index in [4.69, 9.17) is 11.6 Å². The zero-order chi connectivity index (χ0) is 12.9. The number of halogens is 1. The van der Waals surface area contributed by atoms with E-state index in [1.165, 1.54) is 6.20 Å². The molecule has 0 unspecified atom stereocenters. The van der Waals surface area contributed by atoms with E-state index in [-0.39, 0.29) is 28.2 Å². The topological polar surface area (TPSA) is 85.4 Å². The number of hydrogen-bond acceptors (Lipinski definition) is 6. The molecule has 96 valence electrons. The van der Waals surface area contributed by atoms with Gasteiger partial charge in [0.15, 0.2) is 8.68 Å². The number of ether oxygens (including phenoxy) is 1. The number of carbonyl (C=O) groups is 1. The highest BCUT2D eigenvalue weighted by atomic mass is 35.5. The van der Waals surface area contributed by atoms with Gasteiger partial charge in [-0.15, -0.1) is 0 Å². The number of esters is 1. The molecule has 0 saturated carbocycles. The first-order valence-corrected chi connectivity index (χ1v) is 7.40. The quantitative estimate of drug-likeness (QED) is 0.793. The fourth-order valence-corrected chi connectivity index (χ4v) is 3.32. The summed E-state index contributed by atoms with van der Waals surface area (Å²) < 4.78 is 30.4. The zero-order valence-electron chi connectivity index (χ0n) is 8.97. The molecule has 17 heavy (non-hydrogen) atoms. The van der Waals surface area contributed by atoms with Crippen LogP contribution in [-0.2, 0) is 19.6 Å². The van der Waals surface area contributed by atoms with Crippen LogP contribution in [0.4, 0.5) is 0 Å². The van der Waals surface area contributed by atoms with Crippen LogP contribution in [0.15, 0.2) is 10.4 Å². The van der Waals surface area contributed by atoms with Crippen molar-refractivity contribution in [2.24, 2.45) is 0 Å². The third kappa shape index (κ3) is 4.58. The van der Waals surface area contributed by atoms with Crippen molar-refractivity contribution < 1.29 is 17.9 Å². The Morgan fingerprint density at radius 1 is 1.65 bits per heavy atom. The van der Waals surface area contributed by atoms with E-state index in [9.17, 15) is 13.2 Å². The normalized spacial score (nSPS) is 11.4. The average molecular weight is 299 g/mol. The fraction of sp³-hybridized carbons (Fsp3) is 0.500. The maximum absolute atomic E-state index is 11.6. The van der Waals surface area contributed by atoms with Crippen LogP contribution in [-0.4, -0.2) is 32.5 Å². The Morgan fingerprint density at radius 2 is 2.35 bits per heavy atom. The average Bonchev–Trinajstić information content (AvgIpc) is 2.65. The summed E-state index contributed by atoms with van der Waals surface area (Å²) >= 11 is 6.38. The third-order valence-corrected chi connectivity index (χ3v) is 4.68. The first-order chi connectivity index (χ1) is 7.95. The molecule has 0 saturated heterocycles. The van der Waals surface area contributed by atoms with Gasteiger partial charge in [0.2, 0.25) is 0 Å². The van der Waals surface area contributed by atoms with Gasteiger partial charge in [0.1, 0.15) is 0 Å². The van der Waals surface area contributed by atoms with Gasteiger partial charge in [-0.25, -0.2) is 18.1 Å². The molecule has 0 amide bonds. The van der Waals surface area contributed by atoms with E-state index in [1.807, 2.05) is 0 Å². The Hall–Kier alpha value is -0.700. The summed E-state index contributed by atoms with van der Waals surface area (Å²) in [6, 6.07) is 0. The number of nitrogens with zero attached hydrogens (tertiary/aromatic N) is 1. The summed E-state index contributed by atoms with van der Waals surface area (Å²) in [5, 5.41) is 0. The third-order valence-electron chi connectivity index (χ3n) is 1.65. The molecule has 0 bridgehead atoms. The molecule has 1 aromatic rings. The van der Waals surface area contributed by atoms with Crippen molar-refractivity contribution in [3.05, 3.63) is 10.7 Å². The Morgan fingerprint density at radius 3 is 2.88 bits per heavy atom. The van der Waals surface area contributed by atoms with Crippen molar-refractivity contribution >= 4 is 38.9 Å². The molecule has 1 rings (SSSR count). The van der Waals surface area contributed by atoms with Crippen molar-refractivity contribution in [1.82, 2.24) is 9.71 Å². The van der Waals surface area contributed by atoms with Gasteiger partial charge < -0.3 is 4.74 Å². The van der Waals surface area contributed by atoms with Gasteiger partial charge in [-0.2, -0.15) is 0 Å². The molecule has 9 heteroatoms. The second-order valence-electron chi connectivity index (χ2n) is 2.89. The van der Waals surface area contributed by atoms with Crippen LogP contribution < -0.4 is 4.72 Å². The first kappa shape index (κ1) is 14.4. The number of aromatic nitrogens is 1. The standard InChI is InChI=1S/C8H11ClN2O4S2/c1-2-15-6(12)3-4-11-17(13,14)7-5-10-8(9)16-7/h5,11H,2-4H2,1H3. The highest BCUT2D eigenvalue weighted by Crippen LogP contribution is 2.21. The van der Waals surface area contributed by atoms with Crippen LogP contribution in [0.5, 0.6) is 0 Å². The van der Waals surface area contributed by atoms with Crippen LogP contribution in [0, 0.1) is 0 Å². The molecule has 0 fully saturated rings. The molecule has 0 aliphatic heterocycles. The van der Waals surface area contributed by atoms with E-state index >= 15 is 0 Å². The molecule has 0 aliphatic carbocycles. The zero-order valence-corrected chi connectivity index (χ0v) is 11.4. The second-order valence-corrected chi connectivity index (χ2v) is 6.49. The summed E-state index contributed by atoms with van der Waals surface area (Å²) in [6.07, 6.45) is 1.15. The lowest BCUT2D eigenvalue weighted by Gasteiger charge is -2.03. The molecule has 1 N–H and O–H groups in total. The van der Waals surface area contributed by atoms with Gasteiger partial charge in [0, 0.05) is 6.54 Å². The summed E-state index contributed by atoms with van der Waals surface area (Å²) in [7, 11) is -3.64. The molecule has 0 radical (unpaired) electrons. The number of sulfonamides is 1. The number of carbonyl (C=O) groups excluding carboxylic acids is 1. The van der Waals surface area contributed by atoms with Gasteiger partial charge in [0.05, 0.1) is 19.2 Å². The predicted octanol–water partition coefficient (Wildman–Crippen LogP) is 1.03. The molecule has 0 spiro atoms. The maximum Gasteiger partial charge on any atom is 0.307 e. The van der Waals surface area contributed by atoms with Crippen molar-refractivity contribution in [2.45, 2.75) is 17.6 Å². The van der Waals surface area contributed by atoms with E-state index in [1.54, 1.807) is 6.92 Å². The van der Waals surface area contributed by atoms with Crippen molar-refractivity contribution in [2.75, 3.05) is 13.2 Å². The molecule has 0 aliphatic rings. The Labute approximate surface area is 108 Å². The molecular weight excluding hydrogens is 288 g/mol. The lowest BCUT2D eigenvalue weighted by atomic mass is 10.4. The SMILES string of the molecule is CCOC(=O)CCNS(=O)(=O)c1cnc(Cl)s1. The summed E-state index contributed by atoms with van der Waals surface area (Å²) in [4.78, 5) is 14.6. The predicted molar refractivity (Wildman–Crippen MR) is 63.6 cm³/mol. The summed E-state index contributed by atoms with van der Waals surface area (Å²) in [6.45, 7) is 1.94. The van der Waals surface area contributed by atoms with Crippen molar-refractivity contribution in [1.29, 1.82) is 0 Å². The Bertz CT molecular complexity index is 485. The minimum absolute atomic E-state index is 0.0143. The lowest BCUT2D eigenvalue weighted by molar-refractivity contribution is -0.142. The fourth-order valence-electron chi connectivity index (χ4n) is 0.955. The van der Waals surface area contributed by atoms with E-state index in [2.05, 4.69) is 14.4 Å². The van der Waals surface area contributed by atoms with E-state index in [0.717, 1.165) is 11.3 Å². The lowest BCUT2D eigenvalue weighted by Crippen LogP contribution is -2.26. The van der Waals surface area contributed by atoms with Gasteiger partial charge in [-0.3, -0.25) is 4.79 Å². The smallest absolute Gasteiger partial charge is 0.307 e. The van der Waals surface area contributed by atoms with Crippen LogP contribution in [0.2, 0.25) is 4.47 Å². The number of thiazole rings is 1. The van der Waals surface area contributed by atoms with Gasteiger partial charge in [-0.05, 0) is 6.92 Å². The molecule has 0 aromatic carbocycles. The van der Waals surface area contributed by atoms with Crippen LogP contribution >= 0.6 is 22.9 Å². The number of rotatable bonds is 6. The van der Waals surface area contributed by atoms with Crippen molar-refractivity contribution in [3.63, 3.8) is 0 Å². The van der Waals surface area contributed by atoms with Gasteiger partial charge in [-0.1, -0.05) is 22.9 Å². The van der Waals surface area contributed by atoms with Crippen LogP contribution in [0.25, 0.3) is 0 Å². The molecule has 6 nitrogen and oxygen atoms in total. The monoisotopic (exact) mass is 298 g/mol. The Kier molecular flexibility index (Phi) is 5.31. The number of nitrogens with one attached hydrogen (secondary N) is 1. The summed E-state index contributed by atoms with van der Waals surface area (Å²) in [5.41, 5.74) is 0. The minimum Gasteiger partial charge on any atom is -0.466 e.